The maximum Gasteiger partial charge on any atom is 0.306 e. The molecule has 0 saturated heterocycles. The van der Waals surface area contributed by atoms with E-state index in [2.05, 4.69) is 57.2 Å². The van der Waals surface area contributed by atoms with Crippen molar-refractivity contribution in [1.82, 2.24) is 0 Å². The van der Waals surface area contributed by atoms with Crippen molar-refractivity contribution in [3.63, 3.8) is 0 Å². The number of carbonyl (C=O) groups excluding carboxylic acids is 3. The van der Waals surface area contributed by atoms with E-state index >= 15 is 0 Å². The molecule has 0 bridgehead atoms. The van der Waals surface area contributed by atoms with Crippen LogP contribution in [0.4, 0.5) is 0 Å². The van der Waals surface area contributed by atoms with E-state index in [-0.39, 0.29) is 31.1 Å². The van der Waals surface area contributed by atoms with E-state index in [4.69, 9.17) is 14.2 Å². The molecular weight excluding hydrogens is 733 g/mol. The largest absolute Gasteiger partial charge is 0.462 e. The smallest absolute Gasteiger partial charge is 0.306 e. The average molecular weight is 829 g/mol. The normalized spacial score (nSPS) is 12.3. The molecule has 0 aromatic heterocycles. The predicted molar refractivity (Wildman–Crippen MR) is 252 cm³/mol. The molecule has 6 heteroatoms. The topological polar surface area (TPSA) is 78.9 Å². The number of carbonyl (C=O) groups is 3. The van der Waals surface area contributed by atoms with Gasteiger partial charge in [0.2, 0.25) is 0 Å². The van der Waals surface area contributed by atoms with Crippen LogP contribution in [0.1, 0.15) is 265 Å². The molecule has 0 spiro atoms. The number of rotatable bonds is 46. The zero-order chi connectivity index (χ0) is 43.0. The second-order valence-corrected chi connectivity index (χ2v) is 17.1. The molecule has 0 N–H and O–H groups in total. The Kier molecular flexibility index (Phi) is 46.4. The summed E-state index contributed by atoms with van der Waals surface area (Å²) in [5, 5.41) is 0. The highest BCUT2D eigenvalue weighted by atomic mass is 16.6. The molecule has 0 rings (SSSR count). The molecule has 1 atom stereocenters. The highest BCUT2D eigenvalue weighted by molar-refractivity contribution is 5.71. The summed E-state index contributed by atoms with van der Waals surface area (Å²) >= 11 is 0. The Bertz CT molecular complexity index is 1000. The van der Waals surface area contributed by atoms with Crippen LogP contribution in [0.15, 0.2) is 36.5 Å². The van der Waals surface area contributed by atoms with Gasteiger partial charge in [0.1, 0.15) is 13.2 Å². The standard InChI is InChI=1S/C53H96O6/c1-4-7-10-13-16-18-20-22-24-26-28-29-31-33-35-37-40-43-46-52(55)58-49-50(48-57-51(54)45-42-39-15-12-9-6-3)59-53(56)47-44-41-38-36-34-32-30-27-25-23-21-19-17-14-11-8-5-2/h17,19,23-26,50H,4-16,18,20-22,27-49H2,1-3H3/b19-17-,25-23-,26-24-. The molecule has 0 amide bonds. The van der Waals surface area contributed by atoms with E-state index in [0.29, 0.717) is 19.3 Å². The van der Waals surface area contributed by atoms with Gasteiger partial charge in [-0.15, -0.1) is 0 Å². The van der Waals surface area contributed by atoms with Gasteiger partial charge in [-0.3, -0.25) is 14.4 Å². The first-order chi connectivity index (χ1) is 29.0. The number of allylic oxidation sites excluding steroid dienone is 6. The first kappa shape index (κ1) is 56.6. The summed E-state index contributed by atoms with van der Waals surface area (Å²) in [5.74, 6) is -0.890. The summed E-state index contributed by atoms with van der Waals surface area (Å²) in [4.78, 5) is 37.7. The molecule has 0 aliphatic heterocycles. The van der Waals surface area contributed by atoms with Crippen LogP contribution in [0.2, 0.25) is 0 Å². The highest BCUT2D eigenvalue weighted by Crippen LogP contribution is 2.15. The van der Waals surface area contributed by atoms with Crippen LogP contribution in [0, 0.1) is 0 Å². The monoisotopic (exact) mass is 829 g/mol. The summed E-state index contributed by atoms with van der Waals surface area (Å²) < 4.78 is 16.7. The van der Waals surface area contributed by atoms with Gasteiger partial charge in [0, 0.05) is 19.3 Å². The quantitative estimate of drug-likeness (QED) is 0.0263. The fourth-order valence-electron chi connectivity index (χ4n) is 7.23. The molecule has 0 fully saturated rings. The van der Waals surface area contributed by atoms with Gasteiger partial charge >= 0.3 is 17.9 Å². The molecule has 0 aliphatic carbocycles. The number of hydrogen-bond acceptors (Lipinski definition) is 6. The number of hydrogen-bond donors (Lipinski definition) is 0. The molecule has 0 radical (unpaired) electrons. The lowest BCUT2D eigenvalue weighted by molar-refractivity contribution is -0.167. The minimum Gasteiger partial charge on any atom is -0.462 e. The summed E-state index contributed by atoms with van der Waals surface area (Å²) in [7, 11) is 0. The first-order valence-corrected chi connectivity index (χ1v) is 25.5. The Labute approximate surface area is 365 Å². The van der Waals surface area contributed by atoms with Crippen molar-refractivity contribution in [3.8, 4) is 0 Å². The van der Waals surface area contributed by atoms with Gasteiger partial charge in [0.15, 0.2) is 6.10 Å². The van der Waals surface area contributed by atoms with E-state index in [1.54, 1.807) is 0 Å². The van der Waals surface area contributed by atoms with Gasteiger partial charge in [-0.25, -0.2) is 0 Å². The molecule has 59 heavy (non-hydrogen) atoms. The fraction of sp³-hybridized carbons (Fsp3) is 0.830. The molecular formula is C53H96O6. The van der Waals surface area contributed by atoms with Gasteiger partial charge in [-0.05, 0) is 77.0 Å². The van der Waals surface area contributed by atoms with Crippen molar-refractivity contribution >= 4 is 17.9 Å². The van der Waals surface area contributed by atoms with E-state index in [9.17, 15) is 14.4 Å². The van der Waals surface area contributed by atoms with Crippen molar-refractivity contribution in [2.75, 3.05) is 13.2 Å². The van der Waals surface area contributed by atoms with Gasteiger partial charge in [0.05, 0.1) is 0 Å². The summed E-state index contributed by atoms with van der Waals surface area (Å²) in [5.41, 5.74) is 0. The fourth-order valence-corrected chi connectivity index (χ4v) is 7.23. The van der Waals surface area contributed by atoms with Crippen molar-refractivity contribution in [2.24, 2.45) is 0 Å². The Morgan fingerprint density at radius 2 is 0.610 bits per heavy atom. The molecule has 6 nitrogen and oxygen atoms in total. The van der Waals surface area contributed by atoms with Crippen LogP contribution in [0.5, 0.6) is 0 Å². The van der Waals surface area contributed by atoms with E-state index in [0.717, 1.165) is 70.6 Å². The van der Waals surface area contributed by atoms with E-state index in [1.165, 1.54) is 154 Å². The number of ether oxygens (including phenoxy) is 3. The van der Waals surface area contributed by atoms with Crippen molar-refractivity contribution in [3.05, 3.63) is 36.5 Å². The third-order valence-electron chi connectivity index (χ3n) is 11.1. The van der Waals surface area contributed by atoms with Crippen LogP contribution in [0.3, 0.4) is 0 Å². The minimum atomic E-state index is -0.772. The van der Waals surface area contributed by atoms with Gasteiger partial charge in [-0.1, -0.05) is 205 Å². The lowest BCUT2D eigenvalue weighted by atomic mass is 10.1. The van der Waals surface area contributed by atoms with Crippen LogP contribution >= 0.6 is 0 Å². The van der Waals surface area contributed by atoms with Crippen LogP contribution in [0.25, 0.3) is 0 Å². The third-order valence-corrected chi connectivity index (χ3v) is 11.1. The van der Waals surface area contributed by atoms with Crippen LogP contribution < -0.4 is 0 Å². The van der Waals surface area contributed by atoms with Gasteiger partial charge in [-0.2, -0.15) is 0 Å². The summed E-state index contributed by atoms with van der Waals surface area (Å²) in [6.07, 6.45) is 55.8. The second-order valence-electron chi connectivity index (χ2n) is 17.1. The maximum atomic E-state index is 12.7. The van der Waals surface area contributed by atoms with Crippen molar-refractivity contribution < 1.29 is 28.6 Å². The number of esters is 3. The Morgan fingerprint density at radius 3 is 0.983 bits per heavy atom. The highest BCUT2D eigenvalue weighted by Gasteiger charge is 2.19. The Morgan fingerprint density at radius 1 is 0.339 bits per heavy atom. The molecule has 0 saturated carbocycles. The van der Waals surface area contributed by atoms with Crippen LogP contribution in [-0.2, 0) is 28.6 Å². The summed E-state index contributed by atoms with van der Waals surface area (Å²) in [6, 6.07) is 0. The SMILES string of the molecule is CCCCC/C=C\C/C=C\CCCCCCCCCC(=O)OC(COC(=O)CCCCCCCC)COC(=O)CCCCCCCCC/C=C\CCCCCCCCC. The molecule has 1 unspecified atom stereocenters. The molecule has 0 aliphatic rings. The molecule has 0 aromatic rings. The van der Waals surface area contributed by atoms with E-state index in [1.807, 2.05) is 0 Å². The first-order valence-electron chi connectivity index (χ1n) is 25.5. The van der Waals surface area contributed by atoms with Gasteiger partial charge in [0.25, 0.3) is 0 Å². The van der Waals surface area contributed by atoms with Crippen molar-refractivity contribution in [2.45, 2.75) is 271 Å². The number of unbranched alkanes of at least 4 members (excludes halogenated alkanes) is 29. The minimum absolute atomic E-state index is 0.0758. The van der Waals surface area contributed by atoms with E-state index < -0.39 is 6.10 Å². The van der Waals surface area contributed by atoms with Gasteiger partial charge < -0.3 is 14.2 Å². The lowest BCUT2D eigenvalue weighted by Gasteiger charge is -2.18. The zero-order valence-electron chi connectivity index (χ0n) is 39.3. The second kappa shape index (κ2) is 48.3. The maximum absolute atomic E-state index is 12.7. The lowest BCUT2D eigenvalue weighted by Crippen LogP contribution is -2.30. The molecule has 344 valence electrons. The Balaban J connectivity index is 4.22. The summed E-state index contributed by atoms with van der Waals surface area (Å²) in [6.45, 7) is 6.56. The van der Waals surface area contributed by atoms with Crippen LogP contribution in [-0.4, -0.2) is 37.2 Å². The predicted octanol–water partition coefficient (Wildman–Crippen LogP) is 16.5. The molecule has 0 heterocycles. The molecule has 0 aromatic carbocycles. The zero-order valence-corrected chi connectivity index (χ0v) is 39.3. The third kappa shape index (κ3) is 46.5. The average Bonchev–Trinajstić information content (AvgIpc) is 3.23. The Hall–Kier alpha value is -2.37. The van der Waals surface area contributed by atoms with Crippen molar-refractivity contribution in [1.29, 1.82) is 0 Å².